The Morgan fingerprint density at radius 1 is 1.47 bits per heavy atom. The van der Waals surface area contributed by atoms with Gasteiger partial charge < -0.3 is 9.72 Å². The van der Waals surface area contributed by atoms with Gasteiger partial charge in [-0.25, -0.2) is 4.98 Å². The molecule has 2 heterocycles. The maximum Gasteiger partial charge on any atom is 0.264 e. The SMILES string of the molecule is CCc1cnccc1-c1nc(COC)c(I)c(=O)[nH]1. The molecule has 2 aromatic heterocycles. The van der Waals surface area contributed by atoms with E-state index in [9.17, 15) is 4.79 Å². The number of methoxy groups -OCH3 is 1. The van der Waals surface area contributed by atoms with Crippen LogP contribution in [0.25, 0.3) is 11.4 Å². The maximum absolute atomic E-state index is 11.9. The molecule has 0 bridgehead atoms. The smallest absolute Gasteiger partial charge is 0.264 e. The van der Waals surface area contributed by atoms with Gasteiger partial charge in [-0.2, -0.15) is 0 Å². The number of aromatic nitrogens is 3. The van der Waals surface area contributed by atoms with Crippen molar-refractivity contribution < 1.29 is 4.74 Å². The lowest BCUT2D eigenvalue weighted by atomic mass is 10.1. The fourth-order valence-electron chi connectivity index (χ4n) is 1.81. The van der Waals surface area contributed by atoms with Gasteiger partial charge in [-0.05, 0) is 40.6 Å². The zero-order valence-corrected chi connectivity index (χ0v) is 12.9. The van der Waals surface area contributed by atoms with Crippen LogP contribution >= 0.6 is 22.6 Å². The summed E-state index contributed by atoms with van der Waals surface area (Å²) in [5.41, 5.74) is 2.47. The van der Waals surface area contributed by atoms with Gasteiger partial charge in [-0.1, -0.05) is 6.92 Å². The number of hydrogen-bond donors (Lipinski definition) is 1. The quantitative estimate of drug-likeness (QED) is 0.837. The van der Waals surface area contributed by atoms with Crippen molar-refractivity contribution in [1.29, 1.82) is 0 Å². The highest BCUT2D eigenvalue weighted by atomic mass is 127. The Hall–Kier alpha value is -1.28. The van der Waals surface area contributed by atoms with Gasteiger partial charge in [0.25, 0.3) is 5.56 Å². The largest absolute Gasteiger partial charge is 0.378 e. The summed E-state index contributed by atoms with van der Waals surface area (Å²) in [5, 5.41) is 0. The molecule has 2 aromatic rings. The average molecular weight is 371 g/mol. The van der Waals surface area contributed by atoms with E-state index in [2.05, 4.69) is 15.0 Å². The van der Waals surface area contributed by atoms with Gasteiger partial charge in [0, 0.05) is 25.1 Å². The standard InChI is InChI=1S/C13H14IN3O2/c1-3-8-6-15-5-4-9(8)12-16-10(7-19-2)11(14)13(18)17-12/h4-6H,3,7H2,1-2H3,(H,16,17,18). The Kier molecular flexibility index (Phi) is 4.65. The van der Waals surface area contributed by atoms with E-state index in [1.165, 1.54) is 0 Å². The third kappa shape index (κ3) is 3.01. The third-order valence-corrected chi connectivity index (χ3v) is 3.86. The number of aryl methyl sites for hydroxylation is 1. The van der Waals surface area contributed by atoms with Gasteiger partial charge >= 0.3 is 0 Å². The van der Waals surface area contributed by atoms with E-state index in [4.69, 9.17) is 4.74 Å². The van der Waals surface area contributed by atoms with Gasteiger partial charge in [0.1, 0.15) is 9.39 Å². The van der Waals surface area contributed by atoms with Crippen molar-refractivity contribution in [3.63, 3.8) is 0 Å². The summed E-state index contributed by atoms with van der Waals surface area (Å²) in [6, 6.07) is 1.86. The van der Waals surface area contributed by atoms with Crippen molar-refractivity contribution in [3.8, 4) is 11.4 Å². The summed E-state index contributed by atoms with van der Waals surface area (Å²) in [6.07, 6.45) is 4.32. The van der Waals surface area contributed by atoms with Gasteiger partial charge in [0.15, 0.2) is 0 Å². The molecule has 2 rings (SSSR count). The molecule has 0 atom stereocenters. The van der Waals surface area contributed by atoms with Crippen LogP contribution in [0.4, 0.5) is 0 Å². The Morgan fingerprint density at radius 2 is 2.26 bits per heavy atom. The lowest BCUT2D eigenvalue weighted by Gasteiger charge is -2.09. The number of aromatic amines is 1. The van der Waals surface area contributed by atoms with E-state index >= 15 is 0 Å². The van der Waals surface area contributed by atoms with E-state index in [1.54, 1.807) is 19.5 Å². The van der Waals surface area contributed by atoms with Gasteiger partial charge in [0.2, 0.25) is 0 Å². The van der Waals surface area contributed by atoms with Crippen LogP contribution in [-0.2, 0) is 17.8 Å². The molecule has 0 saturated heterocycles. The molecule has 0 aliphatic rings. The summed E-state index contributed by atoms with van der Waals surface area (Å²) < 4.78 is 5.64. The first-order chi connectivity index (χ1) is 9.17. The van der Waals surface area contributed by atoms with E-state index < -0.39 is 0 Å². The molecular weight excluding hydrogens is 357 g/mol. The summed E-state index contributed by atoms with van der Waals surface area (Å²) in [4.78, 5) is 23.3. The number of nitrogens with zero attached hydrogens (tertiary/aromatic N) is 2. The topological polar surface area (TPSA) is 67.9 Å². The maximum atomic E-state index is 11.9. The van der Waals surface area contributed by atoms with E-state index in [0.29, 0.717) is 21.7 Å². The molecule has 0 spiro atoms. The number of rotatable bonds is 4. The normalized spacial score (nSPS) is 10.7. The molecule has 0 unspecified atom stereocenters. The predicted octanol–water partition coefficient (Wildman–Crippen LogP) is 2.15. The molecule has 5 nitrogen and oxygen atoms in total. The third-order valence-electron chi connectivity index (χ3n) is 2.75. The minimum atomic E-state index is -0.142. The number of ether oxygens (including phenoxy) is 1. The van der Waals surface area contributed by atoms with Crippen molar-refractivity contribution in [2.45, 2.75) is 20.0 Å². The molecule has 0 fully saturated rings. The number of nitrogens with one attached hydrogen (secondary N) is 1. The summed E-state index contributed by atoms with van der Waals surface area (Å²) in [6.45, 7) is 2.36. The first-order valence-electron chi connectivity index (χ1n) is 5.88. The molecule has 0 amide bonds. The lowest BCUT2D eigenvalue weighted by Crippen LogP contribution is -2.17. The summed E-state index contributed by atoms with van der Waals surface area (Å²) in [5.74, 6) is 0.566. The van der Waals surface area contributed by atoms with Crippen LogP contribution in [0.15, 0.2) is 23.3 Å². The van der Waals surface area contributed by atoms with E-state index in [-0.39, 0.29) is 5.56 Å². The molecule has 0 aliphatic carbocycles. The fraction of sp³-hybridized carbons (Fsp3) is 0.308. The minimum Gasteiger partial charge on any atom is -0.378 e. The molecule has 0 radical (unpaired) electrons. The highest BCUT2D eigenvalue weighted by Gasteiger charge is 2.12. The number of pyridine rings is 1. The lowest BCUT2D eigenvalue weighted by molar-refractivity contribution is 0.180. The van der Waals surface area contributed by atoms with Crippen LogP contribution in [0.1, 0.15) is 18.2 Å². The van der Waals surface area contributed by atoms with Crippen molar-refractivity contribution in [1.82, 2.24) is 15.0 Å². The number of H-pyrrole nitrogens is 1. The monoisotopic (exact) mass is 371 g/mol. The molecule has 0 aromatic carbocycles. The molecule has 100 valence electrons. The second-order valence-electron chi connectivity index (χ2n) is 3.99. The number of halogens is 1. The first-order valence-corrected chi connectivity index (χ1v) is 6.96. The molecule has 0 saturated carbocycles. The van der Waals surface area contributed by atoms with Crippen LogP contribution in [-0.4, -0.2) is 22.1 Å². The van der Waals surface area contributed by atoms with Crippen LogP contribution in [0.5, 0.6) is 0 Å². The van der Waals surface area contributed by atoms with Crippen molar-refractivity contribution in [3.05, 3.63) is 43.6 Å². The summed E-state index contributed by atoms with van der Waals surface area (Å²) >= 11 is 1.98. The Bertz CT molecular complexity index is 640. The molecule has 0 aliphatic heterocycles. The molecular formula is C13H14IN3O2. The first kappa shape index (κ1) is 14.1. The minimum absolute atomic E-state index is 0.142. The second-order valence-corrected chi connectivity index (χ2v) is 5.07. The number of hydrogen-bond acceptors (Lipinski definition) is 4. The van der Waals surface area contributed by atoms with Gasteiger partial charge in [0.05, 0.1) is 12.3 Å². The average Bonchev–Trinajstić information content (AvgIpc) is 2.43. The highest BCUT2D eigenvalue weighted by Crippen LogP contribution is 2.20. The Labute approximate surface area is 124 Å². The van der Waals surface area contributed by atoms with E-state index in [1.807, 2.05) is 35.6 Å². The molecule has 6 heteroatoms. The highest BCUT2D eigenvalue weighted by molar-refractivity contribution is 14.1. The van der Waals surface area contributed by atoms with Crippen LogP contribution in [0, 0.1) is 3.57 Å². The molecule has 19 heavy (non-hydrogen) atoms. The fourth-order valence-corrected chi connectivity index (χ4v) is 2.22. The Balaban J connectivity index is 2.59. The zero-order valence-electron chi connectivity index (χ0n) is 10.7. The van der Waals surface area contributed by atoms with Crippen LogP contribution in [0.2, 0.25) is 0 Å². The van der Waals surface area contributed by atoms with Crippen molar-refractivity contribution >= 4 is 22.6 Å². The predicted molar refractivity (Wildman–Crippen MR) is 80.9 cm³/mol. The van der Waals surface area contributed by atoms with Crippen molar-refractivity contribution in [2.75, 3.05) is 7.11 Å². The summed E-state index contributed by atoms with van der Waals surface area (Å²) in [7, 11) is 1.59. The van der Waals surface area contributed by atoms with Gasteiger partial charge in [-0.3, -0.25) is 9.78 Å². The van der Waals surface area contributed by atoms with Crippen LogP contribution in [0.3, 0.4) is 0 Å². The Morgan fingerprint density at radius 3 is 2.95 bits per heavy atom. The van der Waals surface area contributed by atoms with Gasteiger partial charge in [-0.15, -0.1) is 0 Å². The molecule has 1 N–H and O–H groups in total. The van der Waals surface area contributed by atoms with E-state index in [0.717, 1.165) is 17.5 Å². The second kappa shape index (κ2) is 6.25. The van der Waals surface area contributed by atoms with Crippen molar-refractivity contribution in [2.24, 2.45) is 0 Å². The van der Waals surface area contributed by atoms with Crippen LogP contribution < -0.4 is 5.56 Å². The zero-order chi connectivity index (χ0) is 13.8.